The molecule has 0 aliphatic rings. The Morgan fingerprint density at radius 1 is 1.05 bits per heavy atom. The average molecular weight is 278 g/mol. The summed E-state index contributed by atoms with van der Waals surface area (Å²) in [6, 6.07) is 17.4. The van der Waals surface area contributed by atoms with Gasteiger partial charge in [-0.05, 0) is 18.2 Å². The first-order chi connectivity index (χ1) is 10.3. The third-order valence-electron chi connectivity index (χ3n) is 3.12. The monoisotopic (exact) mass is 278 g/mol. The van der Waals surface area contributed by atoms with Crippen molar-refractivity contribution in [2.75, 3.05) is 7.11 Å². The number of ether oxygens (including phenoxy) is 1. The van der Waals surface area contributed by atoms with Crippen molar-refractivity contribution in [1.29, 1.82) is 0 Å². The number of hydrogen-bond donors (Lipinski definition) is 0. The first-order valence-electron chi connectivity index (χ1n) is 6.97. The van der Waals surface area contributed by atoms with Crippen LogP contribution in [0.3, 0.4) is 0 Å². The highest BCUT2D eigenvalue weighted by Crippen LogP contribution is 2.18. The number of rotatable bonds is 5. The molecule has 0 atom stereocenters. The van der Waals surface area contributed by atoms with Crippen LogP contribution in [-0.2, 0) is 11.2 Å². The summed E-state index contributed by atoms with van der Waals surface area (Å²) >= 11 is 0. The Morgan fingerprint density at radius 2 is 1.76 bits per heavy atom. The molecular formula is C19H18O2. The summed E-state index contributed by atoms with van der Waals surface area (Å²) < 4.78 is 5.25. The maximum absolute atomic E-state index is 12.0. The molecule has 0 amide bonds. The third-order valence-corrected chi connectivity index (χ3v) is 3.12. The molecule has 0 saturated heterocycles. The molecule has 0 unspecified atom stereocenters. The topological polar surface area (TPSA) is 26.3 Å². The van der Waals surface area contributed by atoms with Crippen molar-refractivity contribution >= 4 is 5.78 Å². The third kappa shape index (κ3) is 4.81. The highest BCUT2D eigenvalue weighted by Gasteiger charge is 2.07. The van der Waals surface area contributed by atoms with Gasteiger partial charge in [0, 0.05) is 30.4 Å². The number of methoxy groups -OCH3 is 1. The summed E-state index contributed by atoms with van der Waals surface area (Å²) in [7, 11) is 1.62. The Balaban J connectivity index is 1.84. The molecule has 0 bridgehead atoms. The maximum Gasteiger partial charge on any atom is 0.138 e. The van der Waals surface area contributed by atoms with E-state index in [2.05, 4.69) is 11.8 Å². The highest BCUT2D eigenvalue weighted by molar-refractivity contribution is 5.81. The van der Waals surface area contributed by atoms with Gasteiger partial charge < -0.3 is 4.74 Å². The predicted molar refractivity (Wildman–Crippen MR) is 84.3 cm³/mol. The van der Waals surface area contributed by atoms with Gasteiger partial charge in [0.05, 0.1) is 7.11 Å². The minimum absolute atomic E-state index is 0.182. The SMILES string of the molecule is COc1ccccc1CC(=O)CCC#Cc1ccccc1. The number of carbonyl (C=O) groups is 1. The smallest absolute Gasteiger partial charge is 0.138 e. The number of hydrogen-bond acceptors (Lipinski definition) is 2. The molecule has 2 aromatic rings. The predicted octanol–water partition coefficient (Wildman–Crippen LogP) is 3.64. The number of benzene rings is 2. The zero-order valence-corrected chi connectivity index (χ0v) is 12.1. The van der Waals surface area contributed by atoms with Crippen LogP contribution in [0.5, 0.6) is 5.75 Å². The molecule has 21 heavy (non-hydrogen) atoms. The van der Waals surface area contributed by atoms with Gasteiger partial charge in [-0.25, -0.2) is 0 Å². The van der Waals surface area contributed by atoms with Gasteiger partial charge in [-0.1, -0.05) is 48.2 Å². The van der Waals surface area contributed by atoms with Crippen LogP contribution in [0.2, 0.25) is 0 Å². The maximum atomic E-state index is 12.0. The molecule has 0 heterocycles. The summed E-state index contributed by atoms with van der Waals surface area (Å²) in [6.45, 7) is 0. The Hall–Kier alpha value is -2.53. The normalized spacial score (nSPS) is 9.57. The van der Waals surface area contributed by atoms with E-state index in [9.17, 15) is 4.79 Å². The molecule has 2 nitrogen and oxygen atoms in total. The molecule has 2 rings (SSSR count). The van der Waals surface area contributed by atoms with Crippen LogP contribution in [0.1, 0.15) is 24.0 Å². The second-order valence-electron chi connectivity index (χ2n) is 4.70. The highest BCUT2D eigenvalue weighted by atomic mass is 16.5. The molecule has 0 radical (unpaired) electrons. The molecule has 2 heteroatoms. The van der Waals surface area contributed by atoms with Crippen molar-refractivity contribution in [3.8, 4) is 17.6 Å². The van der Waals surface area contributed by atoms with Crippen LogP contribution in [-0.4, -0.2) is 12.9 Å². The lowest BCUT2D eigenvalue weighted by molar-refractivity contribution is -0.118. The van der Waals surface area contributed by atoms with Crippen molar-refractivity contribution in [2.45, 2.75) is 19.3 Å². The van der Waals surface area contributed by atoms with E-state index in [1.54, 1.807) is 7.11 Å². The second-order valence-corrected chi connectivity index (χ2v) is 4.70. The van der Waals surface area contributed by atoms with Crippen LogP contribution in [0, 0.1) is 11.8 Å². The average Bonchev–Trinajstić information content (AvgIpc) is 2.53. The summed E-state index contributed by atoms with van der Waals surface area (Å²) in [5.41, 5.74) is 1.91. The number of Topliss-reactive ketones (excluding diaryl/α,β-unsaturated/α-hetero) is 1. The summed E-state index contributed by atoms with van der Waals surface area (Å²) in [6.07, 6.45) is 1.46. The summed E-state index contributed by atoms with van der Waals surface area (Å²) in [4.78, 5) is 12.0. The largest absolute Gasteiger partial charge is 0.496 e. The van der Waals surface area contributed by atoms with Crippen LogP contribution in [0.15, 0.2) is 54.6 Å². The van der Waals surface area contributed by atoms with Gasteiger partial charge in [-0.2, -0.15) is 0 Å². The van der Waals surface area contributed by atoms with E-state index in [1.807, 2.05) is 54.6 Å². The van der Waals surface area contributed by atoms with Crippen molar-refractivity contribution < 1.29 is 9.53 Å². The molecular weight excluding hydrogens is 260 g/mol. The van der Waals surface area contributed by atoms with E-state index >= 15 is 0 Å². The Morgan fingerprint density at radius 3 is 2.52 bits per heavy atom. The molecule has 2 aromatic carbocycles. The van der Waals surface area contributed by atoms with Crippen molar-refractivity contribution in [2.24, 2.45) is 0 Å². The summed E-state index contributed by atoms with van der Waals surface area (Å²) in [5, 5.41) is 0. The lowest BCUT2D eigenvalue weighted by Gasteiger charge is -2.06. The first-order valence-corrected chi connectivity index (χ1v) is 6.97. The molecule has 0 aliphatic carbocycles. The minimum atomic E-state index is 0.182. The lowest BCUT2D eigenvalue weighted by atomic mass is 10.0. The Labute approximate surface area is 125 Å². The molecule has 106 valence electrons. The van der Waals surface area contributed by atoms with Gasteiger partial charge in [0.25, 0.3) is 0 Å². The van der Waals surface area contributed by atoms with E-state index < -0.39 is 0 Å². The fourth-order valence-corrected chi connectivity index (χ4v) is 2.04. The van der Waals surface area contributed by atoms with Gasteiger partial charge in [0.15, 0.2) is 0 Å². The molecule has 0 N–H and O–H groups in total. The first kappa shape index (κ1) is 14.9. The van der Waals surface area contributed by atoms with E-state index in [4.69, 9.17) is 4.74 Å². The Kier molecular flexibility index (Phi) is 5.60. The standard InChI is InChI=1S/C19H18O2/c1-21-19-14-8-6-12-17(19)15-18(20)13-7-5-11-16-9-3-2-4-10-16/h2-4,6,8-10,12,14H,7,13,15H2,1H3. The fourth-order valence-electron chi connectivity index (χ4n) is 2.04. The minimum Gasteiger partial charge on any atom is -0.496 e. The Bertz CT molecular complexity index is 648. The lowest BCUT2D eigenvalue weighted by Crippen LogP contribution is -2.03. The molecule has 0 spiro atoms. The molecule has 0 fully saturated rings. The van der Waals surface area contributed by atoms with E-state index in [1.165, 1.54) is 0 Å². The van der Waals surface area contributed by atoms with Crippen LogP contribution < -0.4 is 4.74 Å². The van der Waals surface area contributed by atoms with Gasteiger partial charge in [-0.3, -0.25) is 4.79 Å². The molecule has 0 saturated carbocycles. The summed E-state index contributed by atoms with van der Waals surface area (Å²) in [5.74, 6) is 7.05. The van der Waals surface area contributed by atoms with Crippen molar-refractivity contribution in [1.82, 2.24) is 0 Å². The van der Waals surface area contributed by atoms with E-state index in [0.717, 1.165) is 16.9 Å². The van der Waals surface area contributed by atoms with Gasteiger partial charge in [0.1, 0.15) is 11.5 Å². The van der Waals surface area contributed by atoms with Crippen LogP contribution >= 0.6 is 0 Å². The van der Waals surface area contributed by atoms with Gasteiger partial charge in [-0.15, -0.1) is 0 Å². The fraction of sp³-hybridized carbons (Fsp3) is 0.211. The zero-order chi connectivity index (χ0) is 14.9. The number of carbonyl (C=O) groups excluding carboxylic acids is 1. The van der Waals surface area contributed by atoms with Crippen LogP contribution in [0.4, 0.5) is 0 Å². The number of ketones is 1. The van der Waals surface area contributed by atoms with Crippen molar-refractivity contribution in [3.63, 3.8) is 0 Å². The van der Waals surface area contributed by atoms with Crippen molar-refractivity contribution in [3.05, 3.63) is 65.7 Å². The van der Waals surface area contributed by atoms with Crippen LogP contribution in [0.25, 0.3) is 0 Å². The molecule has 0 aromatic heterocycles. The number of para-hydroxylation sites is 1. The molecule has 0 aliphatic heterocycles. The van der Waals surface area contributed by atoms with Gasteiger partial charge in [0.2, 0.25) is 0 Å². The second kappa shape index (κ2) is 7.91. The quantitative estimate of drug-likeness (QED) is 0.781. The van der Waals surface area contributed by atoms with E-state index in [0.29, 0.717) is 19.3 Å². The van der Waals surface area contributed by atoms with E-state index in [-0.39, 0.29) is 5.78 Å². The van der Waals surface area contributed by atoms with Gasteiger partial charge >= 0.3 is 0 Å². The zero-order valence-electron chi connectivity index (χ0n) is 12.1.